The minimum Gasteiger partial charge on any atom is -0.0616 e. The second kappa shape index (κ2) is 6.58. The standard InChI is InChI=1S/C30H36/c1-28(2,3)24-18-23-21-16-11-10-14-19(21)20-15-12-13-17-22(20)25(23)27(30(7,8)9)26(24)29(4,5)6/h10-18H,1-9H3. The van der Waals surface area contributed by atoms with Gasteiger partial charge < -0.3 is 0 Å². The van der Waals surface area contributed by atoms with Crippen LogP contribution in [0.1, 0.15) is 79.0 Å². The Labute approximate surface area is 182 Å². The zero-order valence-corrected chi connectivity index (χ0v) is 20.2. The zero-order valence-electron chi connectivity index (χ0n) is 20.2. The average molecular weight is 397 g/mol. The maximum atomic E-state index is 2.51. The third-order valence-corrected chi connectivity index (χ3v) is 6.34. The van der Waals surface area contributed by atoms with E-state index in [9.17, 15) is 0 Å². The first kappa shape index (κ1) is 20.9. The van der Waals surface area contributed by atoms with Crippen LogP contribution in [0.5, 0.6) is 0 Å². The second-order valence-electron chi connectivity index (χ2n) is 11.9. The van der Waals surface area contributed by atoms with Gasteiger partial charge in [0, 0.05) is 0 Å². The van der Waals surface area contributed by atoms with Crippen molar-refractivity contribution in [3.63, 3.8) is 0 Å². The van der Waals surface area contributed by atoms with E-state index in [1.54, 1.807) is 0 Å². The SMILES string of the molecule is CC(C)(C)c1cc2c3ccccc3c3ccccc3c2c(C(C)(C)C)c1C(C)(C)C. The van der Waals surface area contributed by atoms with E-state index >= 15 is 0 Å². The van der Waals surface area contributed by atoms with E-state index in [4.69, 9.17) is 0 Å². The van der Waals surface area contributed by atoms with Gasteiger partial charge in [0.25, 0.3) is 0 Å². The molecule has 0 radical (unpaired) electrons. The van der Waals surface area contributed by atoms with Gasteiger partial charge in [-0.15, -0.1) is 0 Å². The van der Waals surface area contributed by atoms with Crippen molar-refractivity contribution in [3.8, 4) is 0 Å². The molecule has 0 aliphatic heterocycles. The van der Waals surface area contributed by atoms with Crippen LogP contribution in [0.2, 0.25) is 0 Å². The van der Waals surface area contributed by atoms with E-state index in [1.807, 2.05) is 0 Å². The fourth-order valence-corrected chi connectivity index (χ4v) is 5.18. The Kier molecular flexibility index (Phi) is 4.59. The van der Waals surface area contributed by atoms with Crippen LogP contribution in [0, 0.1) is 0 Å². The topological polar surface area (TPSA) is 0 Å². The molecule has 0 saturated heterocycles. The third kappa shape index (κ3) is 3.22. The van der Waals surface area contributed by atoms with E-state index in [1.165, 1.54) is 49.0 Å². The van der Waals surface area contributed by atoms with Crippen molar-refractivity contribution in [3.05, 3.63) is 71.3 Å². The molecule has 0 atom stereocenters. The van der Waals surface area contributed by atoms with Crippen LogP contribution in [-0.4, -0.2) is 0 Å². The third-order valence-electron chi connectivity index (χ3n) is 6.34. The smallest absolute Gasteiger partial charge is 0.00583 e. The van der Waals surface area contributed by atoms with E-state index in [0.717, 1.165) is 0 Å². The van der Waals surface area contributed by atoms with Gasteiger partial charge in [0.15, 0.2) is 0 Å². The highest BCUT2D eigenvalue weighted by Crippen LogP contribution is 2.48. The molecule has 30 heavy (non-hydrogen) atoms. The molecule has 0 fully saturated rings. The molecule has 0 aromatic heterocycles. The Hall–Kier alpha value is -2.34. The molecule has 4 rings (SSSR count). The number of hydrogen-bond acceptors (Lipinski definition) is 0. The molecular formula is C30H36. The van der Waals surface area contributed by atoms with E-state index in [2.05, 4.69) is 117 Å². The molecule has 4 aromatic rings. The molecule has 0 unspecified atom stereocenters. The Morgan fingerprint density at radius 3 is 1.27 bits per heavy atom. The molecule has 156 valence electrons. The number of rotatable bonds is 0. The molecule has 0 spiro atoms. The van der Waals surface area contributed by atoms with E-state index in [0.29, 0.717) is 0 Å². The van der Waals surface area contributed by atoms with Gasteiger partial charge in [0.05, 0.1) is 0 Å². The summed E-state index contributed by atoms with van der Waals surface area (Å²) in [6.07, 6.45) is 0. The summed E-state index contributed by atoms with van der Waals surface area (Å²) in [6.45, 7) is 21.4. The summed E-state index contributed by atoms with van der Waals surface area (Å²) < 4.78 is 0. The van der Waals surface area contributed by atoms with Gasteiger partial charge >= 0.3 is 0 Å². The fraction of sp³-hybridized carbons (Fsp3) is 0.400. The lowest BCUT2D eigenvalue weighted by Gasteiger charge is -2.38. The summed E-state index contributed by atoms with van der Waals surface area (Å²) in [7, 11) is 0. The average Bonchev–Trinajstić information content (AvgIpc) is 2.64. The van der Waals surface area contributed by atoms with Crippen LogP contribution >= 0.6 is 0 Å². The summed E-state index contributed by atoms with van der Waals surface area (Å²) in [5.41, 5.74) is 4.69. The fourth-order valence-electron chi connectivity index (χ4n) is 5.18. The number of hydrogen-bond donors (Lipinski definition) is 0. The van der Waals surface area contributed by atoms with Crippen LogP contribution in [0.25, 0.3) is 32.3 Å². The highest BCUT2D eigenvalue weighted by molar-refractivity contribution is 6.26. The molecule has 0 bridgehead atoms. The summed E-state index contributed by atoms with van der Waals surface area (Å²) in [5, 5.41) is 8.28. The monoisotopic (exact) mass is 396 g/mol. The minimum atomic E-state index is 0.0351. The van der Waals surface area contributed by atoms with Crippen LogP contribution in [0.4, 0.5) is 0 Å². The number of benzene rings is 4. The summed E-state index contributed by atoms with van der Waals surface area (Å²) in [5.74, 6) is 0. The van der Waals surface area contributed by atoms with Crippen molar-refractivity contribution in [2.45, 2.75) is 78.6 Å². The van der Waals surface area contributed by atoms with Gasteiger partial charge in [-0.2, -0.15) is 0 Å². The molecule has 4 aromatic carbocycles. The predicted molar refractivity (Wildman–Crippen MR) is 135 cm³/mol. The Morgan fingerprint density at radius 1 is 0.433 bits per heavy atom. The molecule has 0 N–H and O–H groups in total. The van der Waals surface area contributed by atoms with Crippen LogP contribution in [0.15, 0.2) is 54.6 Å². The Bertz CT molecular complexity index is 1270. The maximum Gasteiger partial charge on any atom is -0.00583 e. The Balaban J connectivity index is 2.46. The maximum absolute atomic E-state index is 2.51. The van der Waals surface area contributed by atoms with Gasteiger partial charge in [0.2, 0.25) is 0 Å². The molecule has 0 heteroatoms. The highest BCUT2D eigenvalue weighted by Gasteiger charge is 2.34. The zero-order chi connectivity index (χ0) is 22.1. The van der Waals surface area contributed by atoms with Crippen LogP contribution in [-0.2, 0) is 16.2 Å². The summed E-state index contributed by atoms with van der Waals surface area (Å²) in [6, 6.07) is 20.4. The predicted octanol–water partition coefficient (Wildman–Crippen LogP) is 9.04. The van der Waals surface area contributed by atoms with Crippen molar-refractivity contribution in [2.24, 2.45) is 0 Å². The van der Waals surface area contributed by atoms with Gasteiger partial charge in [-0.1, -0.05) is 111 Å². The molecule has 0 heterocycles. The van der Waals surface area contributed by atoms with Gasteiger partial charge in [-0.3, -0.25) is 0 Å². The first-order chi connectivity index (χ1) is 13.8. The van der Waals surface area contributed by atoms with Gasteiger partial charge in [-0.25, -0.2) is 0 Å². The van der Waals surface area contributed by atoms with Crippen LogP contribution < -0.4 is 0 Å². The van der Waals surface area contributed by atoms with Crippen molar-refractivity contribution < 1.29 is 0 Å². The minimum absolute atomic E-state index is 0.0351. The normalized spacial score (nSPS) is 13.5. The van der Waals surface area contributed by atoms with Crippen molar-refractivity contribution >= 4 is 32.3 Å². The van der Waals surface area contributed by atoms with Crippen molar-refractivity contribution in [1.29, 1.82) is 0 Å². The summed E-state index contributed by atoms with van der Waals surface area (Å²) in [4.78, 5) is 0. The molecular weight excluding hydrogens is 360 g/mol. The molecule has 0 aliphatic rings. The largest absolute Gasteiger partial charge is 0.0616 e. The molecule has 0 saturated carbocycles. The Morgan fingerprint density at radius 2 is 0.833 bits per heavy atom. The second-order valence-corrected chi connectivity index (χ2v) is 11.9. The van der Waals surface area contributed by atoms with E-state index in [-0.39, 0.29) is 16.2 Å². The molecule has 0 nitrogen and oxygen atoms in total. The molecule has 0 amide bonds. The quantitative estimate of drug-likeness (QED) is 0.260. The lowest BCUT2D eigenvalue weighted by molar-refractivity contribution is 0.501. The molecule has 0 aliphatic carbocycles. The van der Waals surface area contributed by atoms with Crippen molar-refractivity contribution in [2.75, 3.05) is 0 Å². The lowest BCUT2D eigenvalue weighted by atomic mass is 9.66. The van der Waals surface area contributed by atoms with Gasteiger partial charge in [0.1, 0.15) is 0 Å². The summed E-state index contributed by atoms with van der Waals surface area (Å²) >= 11 is 0. The number of fused-ring (bicyclic) bond motifs is 6. The van der Waals surface area contributed by atoms with Crippen molar-refractivity contribution in [1.82, 2.24) is 0 Å². The van der Waals surface area contributed by atoms with Crippen LogP contribution in [0.3, 0.4) is 0 Å². The van der Waals surface area contributed by atoms with Gasteiger partial charge in [-0.05, 0) is 71.3 Å². The first-order valence-corrected chi connectivity index (χ1v) is 11.2. The lowest BCUT2D eigenvalue weighted by Crippen LogP contribution is -2.28. The van der Waals surface area contributed by atoms with E-state index < -0.39 is 0 Å². The highest BCUT2D eigenvalue weighted by atomic mass is 14.4. The first-order valence-electron chi connectivity index (χ1n) is 11.2.